The first kappa shape index (κ1) is 14.4. The number of Topliss-reactive ketones (excluding diaryl/α,β-unsaturated/α-hetero) is 1. The van der Waals surface area contributed by atoms with Crippen LogP contribution in [0.15, 0.2) is 12.5 Å². The van der Waals surface area contributed by atoms with Crippen molar-refractivity contribution >= 4 is 5.78 Å². The topological polar surface area (TPSA) is 71.8 Å². The lowest BCUT2D eigenvalue weighted by Crippen LogP contribution is -2.07. The monoisotopic (exact) mass is 185 g/mol. The number of aromatic nitrogens is 2. The normalized spacial score (nSPS) is 7.46. The maximum absolute atomic E-state index is 9.69. The highest BCUT2D eigenvalue weighted by Crippen LogP contribution is 1.81. The standard InChI is InChI=1S/C4H6N2.C3H7NO.C2H6/c1-4-2-5-3-6-4;1-3(5)2-4;1-2/h2-3H,1H3,(H,5,6);2,4H2,1H3;1-2H3. The predicted molar refractivity (Wildman–Crippen MR) is 54.4 cm³/mol. The van der Waals surface area contributed by atoms with Crippen LogP contribution in [0.5, 0.6) is 0 Å². The maximum Gasteiger partial charge on any atom is 0.143 e. The maximum atomic E-state index is 9.69. The Morgan fingerprint density at radius 3 is 2.15 bits per heavy atom. The van der Waals surface area contributed by atoms with Gasteiger partial charge in [-0.05, 0) is 13.8 Å². The molecule has 0 unspecified atom stereocenters. The van der Waals surface area contributed by atoms with Crippen molar-refractivity contribution < 1.29 is 4.79 Å². The molecule has 0 aromatic carbocycles. The fourth-order valence-corrected chi connectivity index (χ4v) is 0.325. The molecule has 0 spiro atoms. The lowest BCUT2D eigenvalue weighted by molar-refractivity contribution is -0.115. The zero-order valence-corrected chi connectivity index (χ0v) is 8.79. The number of carbonyl (C=O) groups is 1. The van der Waals surface area contributed by atoms with E-state index in [0.29, 0.717) is 0 Å². The first-order valence-electron chi connectivity index (χ1n) is 4.31. The average Bonchev–Trinajstić information content (AvgIpc) is 2.60. The van der Waals surface area contributed by atoms with Crippen LogP contribution in [0.25, 0.3) is 0 Å². The third-order valence-corrected chi connectivity index (χ3v) is 0.922. The number of hydrogen-bond donors (Lipinski definition) is 2. The first-order chi connectivity index (χ1) is 6.16. The van der Waals surface area contributed by atoms with E-state index < -0.39 is 0 Å². The molecule has 0 aliphatic rings. The van der Waals surface area contributed by atoms with Crippen LogP contribution < -0.4 is 5.73 Å². The average molecular weight is 185 g/mol. The highest BCUT2D eigenvalue weighted by Gasteiger charge is 1.77. The van der Waals surface area contributed by atoms with Crippen molar-refractivity contribution in [1.82, 2.24) is 9.97 Å². The Labute approximate surface area is 79.6 Å². The van der Waals surface area contributed by atoms with Crippen LogP contribution in [-0.4, -0.2) is 22.3 Å². The van der Waals surface area contributed by atoms with E-state index in [4.69, 9.17) is 5.73 Å². The molecule has 4 nitrogen and oxygen atoms in total. The zero-order chi connectivity index (χ0) is 10.7. The second-order valence-electron chi connectivity index (χ2n) is 2.14. The van der Waals surface area contributed by atoms with Crippen molar-refractivity contribution in [2.45, 2.75) is 27.7 Å². The number of aromatic amines is 1. The van der Waals surface area contributed by atoms with E-state index in [9.17, 15) is 4.79 Å². The van der Waals surface area contributed by atoms with Crippen LogP contribution in [0.4, 0.5) is 0 Å². The number of nitrogens with zero attached hydrogens (tertiary/aromatic N) is 1. The SMILES string of the molecule is CC.CC(=O)CN.Cc1cnc[nH]1. The van der Waals surface area contributed by atoms with E-state index in [2.05, 4.69) is 9.97 Å². The number of hydrogen-bond acceptors (Lipinski definition) is 3. The minimum Gasteiger partial charge on any atom is -0.349 e. The van der Waals surface area contributed by atoms with Gasteiger partial charge in [0.05, 0.1) is 12.9 Å². The Bertz CT molecular complexity index is 195. The molecule has 76 valence electrons. The van der Waals surface area contributed by atoms with Gasteiger partial charge in [-0.3, -0.25) is 4.79 Å². The summed E-state index contributed by atoms with van der Waals surface area (Å²) >= 11 is 0. The minimum atomic E-state index is 0.0324. The van der Waals surface area contributed by atoms with Crippen molar-refractivity contribution in [1.29, 1.82) is 0 Å². The molecule has 1 aromatic rings. The molecule has 1 aromatic heterocycles. The molecular formula is C9H19N3O. The Balaban J connectivity index is 0. The van der Waals surface area contributed by atoms with E-state index in [1.807, 2.05) is 20.8 Å². The van der Waals surface area contributed by atoms with Gasteiger partial charge in [-0.15, -0.1) is 0 Å². The quantitative estimate of drug-likeness (QED) is 0.692. The smallest absolute Gasteiger partial charge is 0.143 e. The van der Waals surface area contributed by atoms with E-state index in [1.165, 1.54) is 6.92 Å². The summed E-state index contributed by atoms with van der Waals surface area (Å²) in [7, 11) is 0. The molecule has 0 aliphatic carbocycles. The second-order valence-corrected chi connectivity index (χ2v) is 2.14. The van der Waals surface area contributed by atoms with Gasteiger partial charge in [-0.1, -0.05) is 13.8 Å². The van der Waals surface area contributed by atoms with Crippen LogP contribution in [0, 0.1) is 6.92 Å². The fourth-order valence-electron chi connectivity index (χ4n) is 0.325. The summed E-state index contributed by atoms with van der Waals surface area (Å²) in [5.41, 5.74) is 5.93. The number of H-pyrrole nitrogens is 1. The zero-order valence-electron chi connectivity index (χ0n) is 8.79. The molecule has 0 atom stereocenters. The van der Waals surface area contributed by atoms with Crippen LogP contribution in [-0.2, 0) is 4.79 Å². The number of ketones is 1. The number of rotatable bonds is 1. The first-order valence-corrected chi connectivity index (χ1v) is 4.31. The highest BCUT2D eigenvalue weighted by atomic mass is 16.1. The van der Waals surface area contributed by atoms with Crippen LogP contribution >= 0.6 is 0 Å². The molecular weight excluding hydrogens is 166 g/mol. The van der Waals surface area contributed by atoms with Gasteiger partial charge in [-0.2, -0.15) is 0 Å². The van der Waals surface area contributed by atoms with E-state index in [-0.39, 0.29) is 12.3 Å². The predicted octanol–water partition coefficient (Wildman–Crippen LogP) is 1.28. The molecule has 0 fully saturated rings. The van der Waals surface area contributed by atoms with Gasteiger partial charge in [0, 0.05) is 11.9 Å². The molecule has 1 rings (SSSR count). The van der Waals surface area contributed by atoms with Gasteiger partial charge >= 0.3 is 0 Å². The summed E-state index contributed by atoms with van der Waals surface area (Å²) < 4.78 is 0. The second kappa shape index (κ2) is 10.8. The highest BCUT2D eigenvalue weighted by molar-refractivity contribution is 5.77. The van der Waals surface area contributed by atoms with Crippen molar-refractivity contribution in [3.63, 3.8) is 0 Å². The Morgan fingerprint density at radius 1 is 1.62 bits per heavy atom. The van der Waals surface area contributed by atoms with E-state index >= 15 is 0 Å². The molecule has 0 saturated heterocycles. The molecule has 0 amide bonds. The minimum absolute atomic E-state index is 0.0324. The summed E-state index contributed by atoms with van der Waals surface area (Å²) in [6.07, 6.45) is 3.44. The van der Waals surface area contributed by atoms with Gasteiger partial charge in [0.2, 0.25) is 0 Å². The van der Waals surface area contributed by atoms with E-state index in [1.54, 1.807) is 12.5 Å². The third kappa shape index (κ3) is 13.8. The molecule has 0 saturated carbocycles. The molecule has 4 heteroatoms. The molecule has 0 radical (unpaired) electrons. The van der Waals surface area contributed by atoms with Crippen LogP contribution in [0.2, 0.25) is 0 Å². The third-order valence-electron chi connectivity index (χ3n) is 0.922. The van der Waals surface area contributed by atoms with Crippen LogP contribution in [0.3, 0.4) is 0 Å². The van der Waals surface area contributed by atoms with E-state index in [0.717, 1.165) is 5.69 Å². The van der Waals surface area contributed by atoms with Crippen molar-refractivity contribution in [3.05, 3.63) is 18.2 Å². The Hall–Kier alpha value is -1.16. The summed E-state index contributed by atoms with van der Waals surface area (Å²) in [6, 6.07) is 0. The number of imidazole rings is 1. The van der Waals surface area contributed by atoms with Crippen molar-refractivity contribution in [3.8, 4) is 0 Å². The van der Waals surface area contributed by atoms with Crippen LogP contribution in [0.1, 0.15) is 26.5 Å². The molecule has 3 N–H and O–H groups in total. The fraction of sp³-hybridized carbons (Fsp3) is 0.556. The van der Waals surface area contributed by atoms with Gasteiger partial charge in [-0.25, -0.2) is 4.98 Å². The molecule has 1 heterocycles. The van der Waals surface area contributed by atoms with Gasteiger partial charge in [0.1, 0.15) is 5.78 Å². The Morgan fingerprint density at radius 2 is 2.08 bits per heavy atom. The lowest BCUT2D eigenvalue weighted by atomic mass is 10.5. The molecule has 0 bridgehead atoms. The number of nitrogens with one attached hydrogen (secondary N) is 1. The number of carbonyl (C=O) groups excluding carboxylic acids is 1. The Kier molecular flexibility index (Phi) is 12.0. The summed E-state index contributed by atoms with van der Waals surface area (Å²) in [5.74, 6) is 0.0324. The number of nitrogens with two attached hydrogens (primary N) is 1. The van der Waals surface area contributed by atoms with Gasteiger partial charge < -0.3 is 10.7 Å². The lowest BCUT2D eigenvalue weighted by Gasteiger charge is -1.73. The van der Waals surface area contributed by atoms with Crippen molar-refractivity contribution in [2.75, 3.05) is 6.54 Å². The van der Waals surface area contributed by atoms with Gasteiger partial charge in [0.15, 0.2) is 0 Å². The summed E-state index contributed by atoms with van der Waals surface area (Å²) in [5, 5.41) is 0. The van der Waals surface area contributed by atoms with Gasteiger partial charge in [0.25, 0.3) is 0 Å². The summed E-state index contributed by atoms with van der Waals surface area (Å²) in [4.78, 5) is 16.3. The summed E-state index contributed by atoms with van der Waals surface area (Å²) in [6.45, 7) is 7.59. The van der Waals surface area contributed by atoms with Crippen molar-refractivity contribution in [2.24, 2.45) is 5.73 Å². The molecule has 0 aliphatic heterocycles. The largest absolute Gasteiger partial charge is 0.349 e. The molecule has 13 heavy (non-hydrogen) atoms. The number of aryl methyl sites for hydroxylation is 1.